The molecule has 6 N–H and O–H groups in total. The molecule has 0 bridgehead atoms. The normalized spacial score (nSPS) is 35.3. The van der Waals surface area contributed by atoms with Crippen LogP contribution in [0.3, 0.4) is 0 Å². The minimum atomic E-state index is -2.87. The van der Waals surface area contributed by atoms with Crippen molar-refractivity contribution in [1.29, 1.82) is 0 Å². The zero-order chi connectivity index (χ0) is 27.7. The van der Waals surface area contributed by atoms with Gasteiger partial charge in [0.2, 0.25) is 11.7 Å². The van der Waals surface area contributed by atoms with Gasteiger partial charge in [0.05, 0.1) is 17.6 Å². The van der Waals surface area contributed by atoms with E-state index in [-0.39, 0.29) is 16.9 Å². The minimum Gasteiger partial charge on any atom is -0.507 e. The number of aliphatic hydroxyl groups excluding tert-OH is 2. The second kappa shape index (κ2) is 9.60. The molecule has 38 heavy (non-hydrogen) atoms. The third kappa shape index (κ3) is 3.80. The van der Waals surface area contributed by atoms with Gasteiger partial charge in [0.15, 0.2) is 11.4 Å². The van der Waals surface area contributed by atoms with Crippen molar-refractivity contribution in [2.24, 2.45) is 29.4 Å². The number of carbonyl (C=O) groups is 4. The number of aliphatic hydroxyl groups is 3. The highest BCUT2D eigenvalue weighted by atomic mass is 127. The molecule has 1 aromatic carbocycles. The number of hydrogen-bond donors (Lipinski definition) is 5. The fourth-order valence-corrected chi connectivity index (χ4v) is 7.96. The highest BCUT2D eigenvalue weighted by Crippen LogP contribution is 2.56. The Bertz CT molecular complexity index is 1270. The number of Topliss-reactive ketones (excluding diaryl/α,β-unsaturated/α-hetero) is 2. The molecule has 11 heteroatoms. The number of fused-ring (bicyclic) bond motifs is 3. The van der Waals surface area contributed by atoms with Crippen LogP contribution in [0.5, 0.6) is 5.75 Å². The monoisotopic (exact) mass is 639 g/mol. The van der Waals surface area contributed by atoms with Crippen LogP contribution in [0.2, 0.25) is 0 Å². The van der Waals surface area contributed by atoms with E-state index in [2.05, 4.69) is 0 Å². The molecule has 0 aliphatic heterocycles. The molecule has 0 saturated heterocycles. The van der Waals surface area contributed by atoms with Crippen LogP contribution in [-0.4, -0.2) is 61.7 Å². The molecule has 7 atom stereocenters. The molecule has 2 unspecified atom stereocenters. The first kappa shape index (κ1) is 27.1. The second-order valence-corrected chi connectivity index (χ2v) is 12.1. The highest BCUT2D eigenvalue weighted by molar-refractivity contribution is 14.1. The zero-order valence-electron chi connectivity index (χ0n) is 20.7. The van der Waals surface area contributed by atoms with Gasteiger partial charge in [0.25, 0.3) is 0 Å². The Balaban J connectivity index is 1.70. The summed E-state index contributed by atoms with van der Waals surface area (Å²) in [4.78, 5) is 52.8. The van der Waals surface area contributed by atoms with Crippen LogP contribution < -0.4 is 5.73 Å². The van der Waals surface area contributed by atoms with Crippen molar-refractivity contribution in [3.63, 3.8) is 0 Å². The summed E-state index contributed by atoms with van der Waals surface area (Å²) < 4.78 is 6.73. The van der Waals surface area contributed by atoms with Crippen molar-refractivity contribution in [1.82, 2.24) is 0 Å². The lowest BCUT2D eigenvalue weighted by Crippen LogP contribution is -2.71. The van der Waals surface area contributed by atoms with Crippen molar-refractivity contribution < 1.29 is 44.3 Å². The van der Waals surface area contributed by atoms with Crippen LogP contribution in [0, 0.1) is 27.2 Å². The summed E-state index contributed by atoms with van der Waals surface area (Å²) in [5, 5.41) is 44.4. The van der Waals surface area contributed by atoms with Crippen LogP contribution >= 0.6 is 22.6 Å². The van der Waals surface area contributed by atoms with Crippen molar-refractivity contribution in [3.8, 4) is 5.75 Å². The molecule has 4 aliphatic carbocycles. The number of amides is 1. The Hall–Kier alpha value is -2.51. The topological polar surface area (TPSA) is 184 Å². The number of aromatic hydroxyl groups is 1. The van der Waals surface area contributed by atoms with E-state index in [0.29, 0.717) is 22.0 Å². The zero-order valence-corrected chi connectivity index (χ0v) is 22.9. The molecule has 3 fully saturated rings. The Morgan fingerprint density at radius 2 is 1.79 bits per heavy atom. The predicted octanol–water partition coefficient (Wildman–Crippen LogP) is 1.86. The number of phenolic OH excluding ortho intramolecular Hbond substituents is 1. The molecule has 0 spiro atoms. The summed E-state index contributed by atoms with van der Waals surface area (Å²) in [7, 11) is 0. The van der Waals surface area contributed by atoms with Crippen LogP contribution in [0.25, 0.3) is 5.76 Å². The maximum atomic E-state index is 13.9. The van der Waals surface area contributed by atoms with Gasteiger partial charge in [-0.1, -0.05) is 26.2 Å². The Morgan fingerprint density at radius 1 is 1.13 bits per heavy atom. The van der Waals surface area contributed by atoms with E-state index >= 15 is 0 Å². The molecule has 5 rings (SSSR count). The molecular formula is C27H30INO9. The van der Waals surface area contributed by atoms with E-state index in [1.165, 1.54) is 6.07 Å². The summed E-state index contributed by atoms with van der Waals surface area (Å²) in [6.07, 6.45) is 0.668. The van der Waals surface area contributed by atoms with Gasteiger partial charge in [-0.3, -0.25) is 19.2 Å². The number of phenols is 1. The molecule has 0 heterocycles. The molecule has 10 nitrogen and oxygen atoms in total. The molecule has 3 saturated carbocycles. The molecular weight excluding hydrogens is 609 g/mol. The number of rotatable bonds is 3. The number of ketones is 2. The highest BCUT2D eigenvalue weighted by Gasteiger charge is 2.69. The maximum absolute atomic E-state index is 13.9. The fraction of sp³-hybridized carbons (Fsp3) is 0.556. The second-order valence-electron chi connectivity index (χ2n) is 10.9. The number of hydrogen-bond acceptors (Lipinski definition) is 9. The van der Waals surface area contributed by atoms with Gasteiger partial charge in [-0.05, 0) is 65.5 Å². The third-order valence-electron chi connectivity index (χ3n) is 8.90. The Labute approximate surface area is 232 Å². The minimum absolute atomic E-state index is 0.00171. The number of ether oxygens (including phenoxy) is 1. The van der Waals surface area contributed by atoms with E-state index in [4.69, 9.17) is 10.5 Å². The first-order chi connectivity index (χ1) is 17.9. The van der Waals surface area contributed by atoms with Crippen molar-refractivity contribution in [2.75, 3.05) is 0 Å². The lowest BCUT2D eigenvalue weighted by molar-refractivity contribution is -0.197. The number of esters is 1. The van der Waals surface area contributed by atoms with Crippen molar-refractivity contribution in [2.45, 2.75) is 69.2 Å². The lowest BCUT2D eigenvalue weighted by atomic mass is 9.53. The van der Waals surface area contributed by atoms with Gasteiger partial charge in [-0.15, -0.1) is 0 Å². The van der Waals surface area contributed by atoms with Crippen LogP contribution in [0.4, 0.5) is 0 Å². The van der Waals surface area contributed by atoms with E-state index in [9.17, 15) is 39.6 Å². The first-order valence-electron chi connectivity index (χ1n) is 12.8. The molecule has 0 radical (unpaired) electrons. The van der Waals surface area contributed by atoms with Gasteiger partial charge in [0.1, 0.15) is 23.5 Å². The fourth-order valence-electron chi connectivity index (χ4n) is 7.02. The largest absolute Gasteiger partial charge is 0.507 e. The van der Waals surface area contributed by atoms with E-state index < -0.39 is 83.0 Å². The van der Waals surface area contributed by atoms with Crippen molar-refractivity contribution >= 4 is 51.8 Å². The number of carbonyl (C=O) groups excluding carboxylic acids is 4. The SMILES string of the molecule is C[C@H]1c2c(I)ccc(O)c2C(O)=C2C(=O)[C@]3(O)C(=O)C(C(N)=O)C(O)C[C@@H]3[C@@H](OC(=O)C3CCCCC3)[C@@H]21. The summed E-state index contributed by atoms with van der Waals surface area (Å²) in [6.45, 7) is 1.75. The van der Waals surface area contributed by atoms with E-state index in [1.54, 1.807) is 13.0 Å². The van der Waals surface area contributed by atoms with Crippen molar-refractivity contribution in [3.05, 3.63) is 32.4 Å². The Kier molecular flexibility index (Phi) is 6.84. The van der Waals surface area contributed by atoms with E-state index in [0.717, 1.165) is 19.3 Å². The molecule has 204 valence electrons. The Morgan fingerprint density at radius 3 is 2.42 bits per heavy atom. The number of benzene rings is 1. The van der Waals surface area contributed by atoms with E-state index in [1.807, 2.05) is 22.6 Å². The standard InChI is InChI=1S/C27H30INO9/c1-10-16-13(28)7-8-14(30)18(16)21(32)20-17(10)22(38-26(36)11-5-3-2-4-6-11)12-9-15(31)19(25(29)35)23(33)27(12,37)24(20)34/h7-8,10-12,15,17,19,22,30-32,37H,2-6,9H2,1H3,(H2,29,35)/t10-,12+,15?,17+,19?,22+,27+/m0/s1. The predicted molar refractivity (Wildman–Crippen MR) is 140 cm³/mol. The molecule has 1 amide bonds. The average molecular weight is 639 g/mol. The van der Waals surface area contributed by atoms with Gasteiger partial charge in [-0.25, -0.2) is 0 Å². The van der Waals surface area contributed by atoms with Gasteiger partial charge in [0, 0.05) is 21.0 Å². The molecule has 1 aromatic rings. The number of halogens is 1. The average Bonchev–Trinajstić information content (AvgIpc) is 2.87. The summed E-state index contributed by atoms with van der Waals surface area (Å²) in [6, 6.07) is 3.01. The quantitative estimate of drug-likeness (QED) is 0.187. The molecule has 4 aliphatic rings. The number of primary amides is 1. The summed E-state index contributed by atoms with van der Waals surface area (Å²) in [5.41, 5.74) is 2.66. The smallest absolute Gasteiger partial charge is 0.309 e. The van der Waals surface area contributed by atoms with Gasteiger partial charge >= 0.3 is 5.97 Å². The van der Waals surface area contributed by atoms with Crippen LogP contribution in [0.15, 0.2) is 17.7 Å². The summed E-state index contributed by atoms with van der Waals surface area (Å²) in [5.74, 6) is -10.3. The van der Waals surface area contributed by atoms with Crippen LogP contribution in [0.1, 0.15) is 62.5 Å². The maximum Gasteiger partial charge on any atom is 0.309 e. The summed E-state index contributed by atoms with van der Waals surface area (Å²) >= 11 is 2.05. The lowest BCUT2D eigenvalue weighted by Gasteiger charge is -2.53. The number of nitrogens with two attached hydrogens (primary N) is 1. The van der Waals surface area contributed by atoms with Gasteiger partial charge in [-0.2, -0.15) is 0 Å². The first-order valence-corrected chi connectivity index (χ1v) is 13.9. The molecule has 0 aromatic heterocycles. The van der Waals surface area contributed by atoms with Gasteiger partial charge < -0.3 is 30.9 Å². The third-order valence-corrected chi connectivity index (χ3v) is 9.84. The van der Waals surface area contributed by atoms with Crippen LogP contribution in [-0.2, 0) is 23.9 Å².